The van der Waals surface area contributed by atoms with Gasteiger partial charge < -0.3 is 15.5 Å². The molecule has 0 aliphatic rings. The fraction of sp³-hybridized carbons (Fsp3) is 0.273. The number of nitrogens with one attached hydrogen (secondary N) is 2. The molecule has 0 saturated carbocycles. The minimum absolute atomic E-state index is 0.652. The molecule has 0 spiro atoms. The second-order valence-corrected chi connectivity index (χ2v) is 6.72. The summed E-state index contributed by atoms with van der Waals surface area (Å²) in [4.78, 5) is 11.5. The van der Waals surface area contributed by atoms with Crippen molar-refractivity contribution < 1.29 is 0 Å². The van der Waals surface area contributed by atoms with E-state index in [0.29, 0.717) is 5.95 Å². The molecule has 0 bridgehead atoms. The van der Waals surface area contributed by atoms with Crippen LogP contribution in [0.15, 0.2) is 66.7 Å². The van der Waals surface area contributed by atoms with Crippen LogP contribution in [0.2, 0.25) is 0 Å². The molecule has 5 nitrogen and oxygen atoms in total. The molecule has 3 aromatic rings. The first kappa shape index (κ1) is 18.9. The number of aromatic nitrogens is 2. The molecule has 140 valence electrons. The third-order valence-electron chi connectivity index (χ3n) is 4.20. The van der Waals surface area contributed by atoms with Crippen LogP contribution in [0, 0.1) is 0 Å². The molecule has 5 heteroatoms. The second kappa shape index (κ2) is 9.69. The third kappa shape index (κ3) is 6.08. The fourth-order valence-electron chi connectivity index (χ4n) is 2.74. The average molecular weight is 361 g/mol. The van der Waals surface area contributed by atoms with Gasteiger partial charge in [-0.2, -0.15) is 4.98 Å². The van der Waals surface area contributed by atoms with Gasteiger partial charge in [-0.25, -0.2) is 4.98 Å². The standard InChI is InChI=1S/C22H27N5/c1-27(2)16-15-23-21-17-20(19-11-7-4-8-12-19)25-22(26-21)24-14-13-18-9-5-3-6-10-18/h3-12,17H,13-16H2,1-2H3,(H2,23,24,25,26). The van der Waals surface area contributed by atoms with Crippen LogP contribution >= 0.6 is 0 Å². The van der Waals surface area contributed by atoms with E-state index in [-0.39, 0.29) is 0 Å². The zero-order valence-electron chi connectivity index (χ0n) is 16.0. The van der Waals surface area contributed by atoms with Gasteiger partial charge in [0.1, 0.15) is 5.82 Å². The molecule has 0 atom stereocenters. The Balaban J connectivity index is 1.72. The number of likely N-dealkylation sites (N-methyl/N-ethyl adjacent to an activating group) is 1. The molecule has 0 radical (unpaired) electrons. The summed E-state index contributed by atoms with van der Waals surface area (Å²) < 4.78 is 0. The van der Waals surface area contributed by atoms with Crippen molar-refractivity contribution in [3.05, 3.63) is 72.3 Å². The predicted molar refractivity (Wildman–Crippen MR) is 113 cm³/mol. The molecule has 3 rings (SSSR count). The van der Waals surface area contributed by atoms with Gasteiger partial charge in [0.15, 0.2) is 0 Å². The van der Waals surface area contributed by atoms with Crippen LogP contribution in [-0.4, -0.2) is 48.6 Å². The lowest BCUT2D eigenvalue weighted by molar-refractivity contribution is 0.425. The minimum atomic E-state index is 0.652. The zero-order chi connectivity index (χ0) is 18.9. The molecule has 0 aliphatic heterocycles. The van der Waals surface area contributed by atoms with Crippen molar-refractivity contribution in [3.8, 4) is 11.3 Å². The largest absolute Gasteiger partial charge is 0.369 e. The van der Waals surface area contributed by atoms with Crippen molar-refractivity contribution in [1.29, 1.82) is 0 Å². The number of hydrogen-bond donors (Lipinski definition) is 2. The van der Waals surface area contributed by atoms with Gasteiger partial charge in [-0.3, -0.25) is 0 Å². The van der Waals surface area contributed by atoms with E-state index < -0.39 is 0 Å². The number of benzene rings is 2. The van der Waals surface area contributed by atoms with Crippen molar-refractivity contribution in [2.24, 2.45) is 0 Å². The van der Waals surface area contributed by atoms with Gasteiger partial charge in [-0.1, -0.05) is 60.7 Å². The maximum Gasteiger partial charge on any atom is 0.225 e. The molecule has 0 fully saturated rings. The first-order chi connectivity index (χ1) is 13.2. The Bertz CT molecular complexity index is 819. The van der Waals surface area contributed by atoms with Gasteiger partial charge in [0.05, 0.1) is 5.69 Å². The van der Waals surface area contributed by atoms with Crippen LogP contribution in [0.3, 0.4) is 0 Å². The molecule has 2 aromatic carbocycles. The highest BCUT2D eigenvalue weighted by Crippen LogP contribution is 2.21. The Labute approximate surface area is 161 Å². The van der Waals surface area contributed by atoms with Crippen molar-refractivity contribution in [2.45, 2.75) is 6.42 Å². The van der Waals surface area contributed by atoms with Crippen LogP contribution in [0.25, 0.3) is 11.3 Å². The molecule has 0 amide bonds. The molecular formula is C22H27N5. The van der Waals surface area contributed by atoms with Crippen molar-refractivity contribution in [1.82, 2.24) is 14.9 Å². The van der Waals surface area contributed by atoms with Crippen LogP contribution in [0.5, 0.6) is 0 Å². The summed E-state index contributed by atoms with van der Waals surface area (Å²) in [6.07, 6.45) is 0.934. The Hall–Kier alpha value is -2.92. The van der Waals surface area contributed by atoms with Crippen molar-refractivity contribution >= 4 is 11.8 Å². The van der Waals surface area contributed by atoms with Gasteiger partial charge >= 0.3 is 0 Å². The smallest absolute Gasteiger partial charge is 0.225 e. The Morgan fingerprint density at radius 3 is 2.22 bits per heavy atom. The Morgan fingerprint density at radius 1 is 0.815 bits per heavy atom. The van der Waals surface area contributed by atoms with Crippen LogP contribution in [0.4, 0.5) is 11.8 Å². The summed E-state index contributed by atoms with van der Waals surface area (Å²) >= 11 is 0. The topological polar surface area (TPSA) is 53.1 Å². The van der Waals surface area contributed by atoms with E-state index in [4.69, 9.17) is 4.98 Å². The Kier molecular flexibility index (Phi) is 6.77. The zero-order valence-corrected chi connectivity index (χ0v) is 16.0. The maximum absolute atomic E-state index is 4.71. The normalized spacial score (nSPS) is 10.8. The summed E-state index contributed by atoms with van der Waals surface area (Å²) in [6.45, 7) is 2.57. The van der Waals surface area contributed by atoms with E-state index in [1.54, 1.807) is 0 Å². The van der Waals surface area contributed by atoms with Gasteiger partial charge in [0.25, 0.3) is 0 Å². The molecule has 0 aliphatic carbocycles. The fourth-order valence-corrected chi connectivity index (χ4v) is 2.74. The van der Waals surface area contributed by atoms with Gasteiger partial charge in [0, 0.05) is 31.3 Å². The first-order valence-electron chi connectivity index (χ1n) is 9.31. The summed E-state index contributed by atoms with van der Waals surface area (Å²) in [5.74, 6) is 1.49. The molecule has 0 saturated heterocycles. The lowest BCUT2D eigenvalue weighted by Crippen LogP contribution is -2.21. The first-order valence-corrected chi connectivity index (χ1v) is 9.31. The van der Waals surface area contributed by atoms with Crippen molar-refractivity contribution in [3.63, 3.8) is 0 Å². The third-order valence-corrected chi connectivity index (χ3v) is 4.20. The lowest BCUT2D eigenvalue weighted by atomic mass is 10.1. The van der Waals surface area contributed by atoms with E-state index >= 15 is 0 Å². The quantitative estimate of drug-likeness (QED) is 0.608. The summed E-state index contributed by atoms with van der Waals surface area (Å²) in [7, 11) is 4.13. The predicted octanol–water partition coefficient (Wildman–Crippen LogP) is 3.77. The lowest BCUT2D eigenvalue weighted by Gasteiger charge is -2.13. The maximum atomic E-state index is 4.71. The molecule has 1 aromatic heterocycles. The number of rotatable bonds is 9. The van der Waals surface area contributed by atoms with Crippen LogP contribution in [0.1, 0.15) is 5.56 Å². The average Bonchev–Trinajstić information content (AvgIpc) is 2.69. The minimum Gasteiger partial charge on any atom is -0.369 e. The molecule has 1 heterocycles. The van der Waals surface area contributed by atoms with Gasteiger partial charge in [-0.15, -0.1) is 0 Å². The second-order valence-electron chi connectivity index (χ2n) is 6.72. The summed E-state index contributed by atoms with van der Waals surface area (Å²) in [6, 6.07) is 22.7. The molecular weight excluding hydrogens is 334 g/mol. The highest BCUT2D eigenvalue weighted by Gasteiger charge is 2.07. The monoisotopic (exact) mass is 361 g/mol. The number of anilines is 2. The SMILES string of the molecule is CN(C)CCNc1cc(-c2ccccc2)nc(NCCc2ccccc2)n1. The highest BCUT2D eigenvalue weighted by atomic mass is 15.2. The van der Waals surface area contributed by atoms with E-state index in [1.807, 2.05) is 30.3 Å². The van der Waals surface area contributed by atoms with Crippen LogP contribution < -0.4 is 10.6 Å². The van der Waals surface area contributed by atoms with E-state index in [0.717, 1.165) is 43.1 Å². The molecule has 27 heavy (non-hydrogen) atoms. The van der Waals surface area contributed by atoms with Gasteiger partial charge in [0.2, 0.25) is 5.95 Å². The molecule has 2 N–H and O–H groups in total. The number of hydrogen-bond acceptors (Lipinski definition) is 5. The van der Waals surface area contributed by atoms with Crippen LogP contribution in [-0.2, 0) is 6.42 Å². The summed E-state index contributed by atoms with van der Waals surface area (Å²) in [5, 5.41) is 6.77. The Morgan fingerprint density at radius 2 is 1.52 bits per heavy atom. The van der Waals surface area contributed by atoms with E-state index in [9.17, 15) is 0 Å². The highest BCUT2D eigenvalue weighted by molar-refractivity contribution is 5.64. The van der Waals surface area contributed by atoms with Crippen molar-refractivity contribution in [2.75, 3.05) is 44.4 Å². The summed E-state index contributed by atoms with van der Waals surface area (Å²) in [5.41, 5.74) is 3.30. The van der Waals surface area contributed by atoms with Gasteiger partial charge in [-0.05, 0) is 26.1 Å². The van der Waals surface area contributed by atoms with E-state index in [1.165, 1.54) is 5.56 Å². The number of nitrogens with zero attached hydrogens (tertiary/aromatic N) is 3. The molecule has 0 unspecified atom stereocenters. The van der Waals surface area contributed by atoms with E-state index in [2.05, 4.69) is 71.0 Å².